The van der Waals surface area contributed by atoms with E-state index in [0.717, 1.165) is 0 Å². The van der Waals surface area contributed by atoms with Crippen molar-refractivity contribution in [1.82, 2.24) is 10.6 Å². The fraction of sp³-hybridized carbons (Fsp3) is 0.238. The Bertz CT molecular complexity index is 1020. The average molecular weight is 418 g/mol. The van der Waals surface area contributed by atoms with Crippen molar-refractivity contribution in [3.05, 3.63) is 70.1 Å². The number of fused-ring (bicyclic) bond motifs is 1. The molecule has 3 rings (SSSR count). The first-order valence-electron chi connectivity index (χ1n) is 8.97. The van der Waals surface area contributed by atoms with E-state index in [0.29, 0.717) is 26.1 Å². The normalized spacial score (nSPS) is 10.9. The zero-order valence-electron chi connectivity index (χ0n) is 15.8. The second kappa shape index (κ2) is 9.58. The number of ether oxygens (including phenoxy) is 1. The average Bonchev–Trinajstić information content (AvgIpc) is 3.07. The number of hydrogen-bond donors (Lipinski definition) is 2. The molecule has 152 valence electrons. The maximum Gasteiger partial charge on any atom is 0.261 e. The van der Waals surface area contributed by atoms with Crippen LogP contribution in [0.25, 0.3) is 10.1 Å². The van der Waals surface area contributed by atoms with Crippen LogP contribution in [0.4, 0.5) is 8.78 Å². The number of amides is 2. The Morgan fingerprint density at radius 2 is 1.76 bits per heavy atom. The molecule has 0 saturated carbocycles. The first-order chi connectivity index (χ1) is 14.0. The van der Waals surface area contributed by atoms with Gasteiger partial charge in [-0.1, -0.05) is 18.2 Å². The minimum absolute atomic E-state index is 0.123. The van der Waals surface area contributed by atoms with E-state index >= 15 is 0 Å². The number of nitrogens with one attached hydrogen (secondary N) is 2. The molecular formula is C21H20F2N2O3S. The Morgan fingerprint density at radius 3 is 2.48 bits per heavy atom. The summed E-state index contributed by atoms with van der Waals surface area (Å²) in [5.41, 5.74) is 1.22. The highest BCUT2D eigenvalue weighted by Crippen LogP contribution is 2.33. The summed E-state index contributed by atoms with van der Waals surface area (Å²) in [5.74, 6) is -1.32. The number of benzene rings is 2. The van der Waals surface area contributed by atoms with Crippen LogP contribution in [0.15, 0.2) is 42.5 Å². The summed E-state index contributed by atoms with van der Waals surface area (Å²) >= 11 is 1.20. The lowest BCUT2D eigenvalue weighted by Crippen LogP contribution is -2.35. The topological polar surface area (TPSA) is 67.4 Å². The van der Waals surface area contributed by atoms with E-state index in [4.69, 9.17) is 4.74 Å². The van der Waals surface area contributed by atoms with Crippen molar-refractivity contribution in [2.45, 2.75) is 13.0 Å². The summed E-state index contributed by atoms with van der Waals surface area (Å²) in [5, 5.41) is 5.83. The van der Waals surface area contributed by atoms with Crippen molar-refractivity contribution >= 4 is 33.2 Å². The molecule has 0 aliphatic carbocycles. The fourth-order valence-electron chi connectivity index (χ4n) is 2.94. The van der Waals surface area contributed by atoms with Gasteiger partial charge < -0.3 is 15.4 Å². The van der Waals surface area contributed by atoms with Crippen molar-refractivity contribution < 1.29 is 23.1 Å². The molecule has 0 radical (unpaired) electrons. The highest BCUT2D eigenvalue weighted by atomic mass is 32.1. The van der Waals surface area contributed by atoms with Gasteiger partial charge in [0.05, 0.1) is 17.9 Å². The van der Waals surface area contributed by atoms with Crippen molar-refractivity contribution in [3.8, 4) is 0 Å². The molecule has 2 aromatic carbocycles. The zero-order valence-corrected chi connectivity index (χ0v) is 16.6. The number of carbonyl (C=O) groups excluding carboxylic acids is 2. The van der Waals surface area contributed by atoms with E-state index in [-0.39, 0.29) is 43.7 Å². The zero-order chi connectivity index (χ0) is 20.8. The highest BCUT2D eigenvalue weighted by molar-refractivity contribution is 7.21. The van der Waals surface area contributed by atoms with Gasteiger partial charge in [0.25, 0.3) is 5.91 Å². The molecule has 8 heteroatoms. The lowest BCUT2D eigenvalue weighted by atomic mass is 10.1. The molecule has 1 aromatic heterocycles. The summed E-state index contributed by atoms with van der Waals surface area (Å²) in [6, 6.07) is 10.4. The first-order valence-corrected chi connectivity index (χ1v) is 9.79. The summed E-state index contributed by atoms with van der Waals surface area (Å²) in [4.78, 5) is 24.9. The monoisotopic (exact) mass is 418 g/mol. The number of carbonyl (C=O) groups is 2. The largest absolute Gasteiger partial charge is 0.380 e. The number of halogens is 2. The van der Waals surface area contributed by atoms with Crippen molar-refractivity contribution in [1.29, 1.82) is 0 Å². The molecule has 2 N–H and O–H groups in total. The highest BCUT2D eigenvalue weighted by Gasteiger charge is 2.20. The van der Waals surface area contributed by atoms with E-state index < -0.39 is 5.82 Å². The quantitative estimate of drug-likeness (QED) is 0.551. The lowest BCUT2D eigenvalue weighted by Gasteiger charge is -2.08. The summed E-state index contributed by atoms with van der Waals surface area (Å²) in [6.07, 6.45) is 0.127. The minimum Gasteiger partial charge on any atom is -0.380 e. The van der Waals surface area contributed by atoms with Gasteiger partial charge in [-0.15, -0.1) is 11.3 Å². The molecule has 0 saturated heterocycles. The second-order valence-electron chi connectivity index (χ2n) is 6.36. The molecule has 0 unspecified atom stereocenters. The van der Waals surface area contributed by atoms with Gasteiger partial charge in [0.1, 0.15) is 11.6 Å². The molecule has 0 aliphatic heterocycles. The van der Waals surface area contributed by atoms with Crippen LogP contribution in [-0.2, 0) is 22.6 Å². The number of methoxy groups -OCH3 is 1. The Morgan fingerprint density at radius 1 is 1.03 bits per heavy atom. The van der Waals surface area contributed by atoms with Gasteiger partial charge in [-0.05, 0) is 29.8 Å². The third kappa shape index (κ3) is 5.16. The predicted octanol–water partition coefficient (Wildman–Crippen LogP) is 3.41. The molecule has 0 bridgehead atoms. The molecule has 3 aromatic rings. The van der Waals surface area contributed by atoms with E-state index in [1.165, 1.54) is 36.6 Å². The van der Waals surface area contributed by atoms with Crippen molar-refractivity contribution in [2.24, 2.45) is 0 Å². The standard InChI is InChI=1S/C21H20F2N2O3S/c1-28-12-15-19-16(23)3-2-4-17(19)29-20(15)21(27)25-10-9-24-18(26)11-13-5-7-14(22)8-6-13/h2-8H,9-12H2,1H3,(H,24,26)(H,25,27). The van der Waals surface area contributed by atoms with Crippen molar-refractivity contribution in [2.75, 3.05) is 20.2 Å². The van der Waals surface area contributed by atoms with Crippen LogP contribution in [0.3, 0.4) is 0 Å². The minimum atomic E-state index is -0.391. The molecule has 0 atom stereocenters. The summed E-state index contributed by atoms with van der Waals surface area (Å²) < 4.78 is 32.9. The van der Waals surface area contributed by atoms with Gasteiger partial charge in [0.15, 0.2) is 0 Å². The van der Waals surface area contributed by atoms with Crippen LogP contribution >= 0.6 is 11.3 Å². The summed E-state index contributed by atoms with van der Waals surface area (Å²) in [7, 11) is 1.49. The van der Waals surface area contributed by atoms with Crippen molar-refractivity contribution in [3.63, 3.8) is 0 Å². The Labute approximate surface area is 170 Å². The van der Waals surface area contributed by atoms with Crippen LogP contribution < -0.4 is 10.6 Å². The third-order valence-electron chi connectivity index (χ3n) is 4.27. The van der Waals surface area contributed by atoms with Gasteiger partial charge >= 0.3 is 0 Å². The van der Waals surface area contributed by atoms with E-state index in [2.05, 4.69) is 10.6 Å². The molecule has 0 aliphatic rings. The predicted molar refractivity (Wildman–Crippen MR) is 108 cm³/mol. The van der Waals surface area contributed by atoms with Gasteiger partial charge in [0, 0.05) is 35.8 Å². The Balaban J connectivity index is 1.55. The molecular weight excluding hydrogens is 398 g/mol. The Kier molecular flexibility index (Phi) is 6.90. The number of hydrogen-bond acceptors (Lipinski definition) is 4. The van der Waals surface area contributed by atoms with E-state index in [1.54, 1.807) is 24.3 Å². The van der Waals surface area contributed by atoms with Crippen LogP contribution in [0.1, 0.15) is 20.8 Å². The van der Waals surface area contributed by atoms with Crippen LogP contribution in [-0.4, -0.2) is 32.0 Å². The van der Waals surface area contributed by atoms with Crippen LogP contribution in [0.5, 0.6) is 0 Å². The second-order valence-corrected chi connectivity index (χ2v) is 7.42. The molecule has 2 amide bonds. The fourth-order valence-corrected chi connectivity index (χ4v) is 4.08. The third-order valence-corrected chi connectivity index (χ3v) is 5.46. The first kappa shape index (κ1) is 20.9. The van der Waals surface area contributed by atoms with Gasteiger partial charge in [-0.3, -0.25) is 9.59 Å². The van der Waals surface area contributed by atoms with Gasteiger partial charge in [-0.2, -0.15) is 0 Å². The molecule has 29 heavy (non-hydrogen) atoms. The lowest BCUT2D eigenvalue weighted by molar-refractivity contribution is -0.120. The maximum absolute atomic E-state index is 14.2. The van der Waals surface area contributed by atoms with Crippen LogP contribution in [0.2, 0.25) is 0 Å². The van der Waals surface area contributed by atoms with Crippen LogP contribution in [0, 0.1) is 11.6 Å². The molecule has 0 fully saturated rings. The molecule has 0 spiro atoms. The van der Waals surface area contributed by atoms with Gasteiger partial charge in [-0.25, -0.2) is 8.78 Å². The van der Waals surface area contributed by atoms with Gasteiger partial charge in [0.2, 0.25) is 5.91 Å². The number of thiophene rings is 1. The van der Waals surface area contributed by atoms with E-state index in [9.17, 15) is 18.4 Å². The summed E-state index contributed by atoms with van der Waals surface area (Å²) in [6.45, 7) is 0.583. The molecule has 5 nitrogen and oxygen atoms in total. The molecule has 1 heterocycles. The Hall–Kier alpha value is -2.84. The SMILES string of the molecule is COCc1c(C(=O)NCCNC(=O)Cc2ccc(F)cc2)sc2cccc(F)c12. The number of rotatable bonds is 8. The maximum atomic E-state index is 14.2. The van der Waals surface area contributed by atoms with E-state index in [1.807, 2.05) is 0 Å². The smallest absolute Gasteiger partial charge is 0.261 e.